The number of likely N-dealkylation sites (tertiary alicyclic amines) is 1. The number of hydrogen-bond acceptors (Lipinski definition) is 5. The van der Waals surface area contributed by atoms with Crippen molar-refractivity contribution < 1.29 is 14.1 Å². The van der Waals surface area contributed by atoms with Crippen LogP contribution in [-0.2, 0) is 11.3 Å². The minimum absolute atomic E-state index is 0. The summed E-state index contributed by atoms with van der Waals surface area (Å²) in [5, 5.41) is 10.7. The van der Waals surface area contributed by atoms with Crippen molar-refractivity contribution in [2.45, 2.75) is 52.1 Å². The van der Waals surface area contributed by atoms with Crippen LogP contribution in [0.1, 0.15) is 51.0 Å². The number of aliphatic imine (C=N–C) groups is 1. The first kappa shape index (κ1) is 22.5. The van der Waals surface area contributed by atoms with E-state index in [2.05, 4.69) is 34.6 Å². The smallest absolute Gasteiger partial charge is 0.409 e. The second-order valence-corrected chi connectivity index (χ2v) is 6.40. The first-order chi connectivity index (χ1) is 12.0. The van der Waals surface area contributed by atoms with Gasteiger partial charge < -0.3 is 24.8 Å². The first-order valence-corrected chi connectivity index (χ1v) is 8.87. The predicted octanol–water partition coefficient (Wildman–Crippen LogP) is 2.70. The summed E-state index contributed by atoms with van der Waals surface area (Å²) in [5.74, 6) is 1.85. The summed E-state index contributed by atoms with van der Waals surface area (Å²) in [5.41, 5.74) is 0.950. The Bertz CT molecular complexity index is 583. The summed E-state index contributed by atoms with van der Waals surface area (Å²) < 4.78 is 10.4. The number of hydrogen-bond donors (Lipinski definition) is 2. The molecule has 2 rings (SSSR count). The van der Waals surface area contributed by atoms with Crippen LogP contribution in [-0.4, -0.2) is 54.9 Å². The standard InChI is InChI=1S/C17H29N5O3.HI/c1-5-24-17(23)22-8-6-13(7-9-22)20-16(18-4)19-11-14-10-15(12(2)3)21-25-14;/h10,12-13H,5-9,11H2,1-4H3,(H2,18,19,20);1H. The summed E-state index contributed by atoms with van der Waals surface area (Å²) in [4.78, 5) is 17.7. The van der Waals surface area contributed by atoms with Gasteiger partial charge in [-0.05, 0) is 25.7 Å². The van der Waals surface area contributed by atoms with E-state index < -0.39 is 0 Å². The van der Waals surface area contributed by atoms with Crippen molar-refractivity contribution in [2.24, 2.45) is 4.99 Å². The SMILES string of the molecule is CCOC(=O)N1CCC(NC(=NC)NCc2cc(C(C)C)no2)CC1.I. The van der Waals surface area contributed by atoms with Crippen molar-refractivity contribution in [2.75, 3.05) is 26.7 Å². The maximum atomic E-state index is 11.7. The summed E-state index contributed by atoms with van der Waals surface area (Å²) in [6.07, 6.45) is 1.49. The number of rotatable bonds is 5. The fourth-order valence-corrected chi connectivity index (χ4v) is 2.66. The zero-order valence-electron chi connectivity index (χ0n) is 15.9. The predicted molar refractivity (Wildman–Crippen MR) is 111 cm³/mol. The lowest BCUT2D eigenvalue weighted by Gasteiger charge is -2.32. The van der Waals surface area contributed by atoms with E-state index in [1.165, 1.54) is 0 Å². The molecule has 0 unspecified atom stereocenters. The molecule has 0 aliphatic carbocycles. The van der Waals surface area contributed by atoms with E-state index in [1.807, 2.05) is 13.0 Å². The van der Waals surface area contributed by atoms with Crippen molar-refractivity contribution in [1.29, 1.82) is 0 Å². The number of halogens is 1. The highest BCUT2D eigenvalue weighted by Gasteiger charge is 2.24. The highest BCUT2D eigenvalue weighted by atomic mass is 127. The van der Waals surface area contributed by atoms with Crippen LogP contribution in [0.4, 0.5) is 4.79 Å². The number of carbonyl (C=O) groups excluding carboxylic acids is 1. The molecule has 1 aliphatic rings. The molecule has 0 spiro atoms. The molecule has 8 nitrogen and oxygen atoms in total. The van der Waals surface area contributed by atoms with E-state index in [1.54, 1.807) is 11.9 Å². The lowest BCUT2D eigenvalue weighted by molar-refractivity contribution is 0.0963. The Kier molecular flexibility index (Phi) is 9.74. The maximum absolute atomic E-state index is 11.7. The molecule has 1 fully saturated rings. The summed E-state index contributed by atoms with van der Waals surface area (Å²) >= 11 is 0. The number of nitrogens with zero attached hydrogens (tertiary/aromatic N) is 3. The van der Waals surface area contributed by atoms with Gasteiger partial charge in [0.05, 0.1) is 18.8 Å². The fraction of sp³-hybridized carbons (Fsp3) is 0.706. The van der Waals surface area contributed by atoms with Crippen LogP contribution >= 0.6 is 24.0 Å². The molecule has 26 heavy (non-hydrogen) atoms. The second kappa shape index (κ2) is 11.2. The molecule has 2 N–H and O–H groups in total. The molecule has 0 aromatic carbocycles. The maximum Gasteiger partial charge on any atom is 0.409 e. The van der Waals surface area contributed by atoms with E-state index in [4.69, 9.17) is 9.26 Å². The van der Waals surface area contributed by atoms with Crippen LogP contribution in [0.3, 0.4) is 0 Å². The molecule has 148 valence electrons. The van der Waals surface area contributed by atoms with E-state index in [9.17, 15) is 4.79 Å². The summed E-state index contributed by atoms with van der Waals surface area (Å²) in [6.45, 7) is 8.30. The average Bonchev–Trinajstić information content (AvgIpc) is 3.08. The van der Waals surface area contributed by atoms with Crippen molar-refractivity contribution in [1.82, 2.24) is 20.7 Å². The largest absolute Gasteiger partial charge is 0.450 e. The van der Waals surface area contributed by atoms with Gasteiger partial charge in [-0.3, -0.25) is 4.99 Å². The molecule has 0 atom stereocenters. The van der Waals surface area contributed by atoms with E-state index >= 15 is 0 Å². The number of amides is 1. The van der Waals surface area contributed by atoms with Crippen LogP contribution < -0.4 is 10.6 Å². The van der Waals surface area contributed by atoms with Crippen LogP contribution in [0.15, 0.2) is 15.6 Å². The molecule has 1 amide bonds. The third-order valence-corrected chi connectivity index (χ3v) is 4.18. The molecule has 1 aromatic heterocycles. The lowest BCUT2D eigenvalue weighted by atomic mass is 10.1. The zero-order valence-corrected chi connectivity index (χ0v) is 18.3. The lowest BCUT2D eigenvalue weighted by Crippen LogP contribution is -2.49. The Morgan fingerprint density at radius 3 is 2.69 bits per heavy atom. The van der Waals surface area contributed by atoms with Gasteiger partial charge in [0.25, 0.3) is 0 Å². The van der Waals surface area contributed by atoms with Gasteiger partial charge in [-0.15, -0.1) is 24.0 Å². The van der Waals surface area contributed by atoms with Crippen LogP contribution in [0.25, 0.3) is 0 Å². The molecule has 2 heterocycles. The normalized spacial score (nSPS) is 15.6. The molecular formula is C17H30IN5O3. The van der Waals surface area contributed by atoms with Crippen molar-refractivity contribution in [3.05, 3.63) is 17.5 Å². The highest BCUT2D eigenvalue weighted by molar-refractivity contribution is 14.0. The molecule has 0 radical (unpaired) electrons. The molecular weight excluding hydrogens is 449 g/mol. The third-order valence-electron chi connectivity index (χ3n) is 4.18. The van der Waals surface area contributed by atoms with E-state index in [0.717, 1.165) is 30.3 Å². The Morgan fingerprint density at radius 2 is 2.15 bits per heavy atom. The van der Waals surface area contributed by atoms with Gasteiger partial charge in [0, 0.05) is 32.2 Å². The Labute approximate surface area is 172 Å². The van der Waals surface area contributed by atoms with E-state index in [0.29, 0.717) is 32.2 Å². The summed E-state index contributed by atoms with van der Waals surface area (Å²) in [6, 6.07) is 2.24. The zero-order chi connectivity index (χ0) is 18.2. The van der Waals surface area contributed by atoms with Gasteiger partial charge in [0.15, 0.2) is 11.7 Å². The van der Waals surface area contributed by atoms with Gasteiger partial charge in [-0.2, -0.15) is 0 Å². The first-order valence-electron chi connectivity index (χ1n) is 8.87. The Balaban J connectivity index is 0.00000338. The minimum Gasteiger partial charge on any atom is -0.450 e. The van der Waals surface area contributed by atoms with E-state index in [-0.39, 0.29) is 36.1 Å². The molecule has 0 bridgehead atoms. The Morgan fingerprint density at radius 1 is 1.46 bits per heavy atom. The Hall–Kier alpha value is -1.52. The number of piperidine rings is 1. The second-order valence-electron chi connectivity index (χ2n) is 6.40. The fourth-order valence-electron chi connectivity index (χ4n) is 2.66. The molecule has 9 heteroatoms. The number of aromatic nitrogens is 1. The third kappa shape index (κ3) is 6.65. The van der Waals surface area contributed by atoms with Crippen LogP contribution in [0, 0.1) is 0 Å². The molecule has 0 saturated carbocycles. The number of nitrogens with one attached hydrogen (secondary N) is 2. The number of carbonyl (C=O) groups is 1. The summed E-state index contributed by atoms with van der Waals surface area (Å²) in [7, 11) is 1.74. The van der Waals surface area contributed by atoms with Gasteiger partial charge in [-0.1, -0.05) is 19.0 Å². The number of guanidine groups is 1. The number of ether oxygens (including phenoxy) is 1. The monoisotopic (exact) mass is 479 g/mol. The van der Waals surface area contributed by atoms with Crippen molar-refractivity contribution in [3.8, 4) is 0 Å². The quantitative estimate of drug-likeness (QED) is 0.384. The minimum atomic E-state index is -0.227. The van der Waals surface area contributed by atoms with Gasteiger partial charge >= 0.3 is 6.09 Å². The van der Waals surface area contributed by atoms with Gasteiger partial charge in [-0.25, -0.2) is 4.79 Å². The van der Waals surface area contributed by atoms with Crippen LogP contribution in [0.2, 0.25) is 0 Å². The van der Waals surface area contributed by atoms with Crippen molar-refractivity contribution in [3.63, 3.8) is 0 Å². The average molecular weight is 479 g/mol. The molecule has 1 aliphatic heterocycles. The molecule has 1 aromatic rings. The van der Waals surface area contributed by atoms with Crippen molar-refractivity contribution >= 4 is 36.0 Å². The van der Waals surface area contributed by atoms with Crippen LogP contribution in [0.5, 0.6) is 0 Å². The van der Waals surface area contributed by atoms with Gasteiger partial charge in [0.1, 0.15) is 0 Å². The topological polar surface area (TPSA) is 92.0 Å². The van der Waals surface area contributed by atoms with Gasteiger partial charge in [0.2, 0.25) is 0 Å². The molecule has 1 saturated heterocycles. The highest BCUT2D eigenvalue weighted by Crippen LogP contribution is 2.14.